The second-order valence-electron chi connectivity index (χ2n) is 10.5. The fraction of sp³-hybridized carbons (Fsp3) is 0.265. The van der Waals surface area contributed by atoms with Crippen LogP contribution in [0, 0.1) is 0 Å². The van der Waals surface area contributed by atoms with Crippen LogP contribution >= 0.6 is 23.2 Å². The number of nitrogens with one attached hydrogen (secondary N) is 1. The van der Waals surface area contributed by atoms with E-state index in [4.69, 9.17) is 38.7 Å². The smallest absolute Gasteiger partial charge is 0.220 e. The summed E-state index contributed by atoms with van der Waals surface area (Å²) < 4.78 is 5.65. The van der Waals surface area contributed by atoms with Gasteiger partial charge in [0, 0.05) is 46.7 Å². The summed E-state index contributed by atoms with van der Waals surface area (Å²) in [6.07, 6.45) is 4.50. The summed E-state index contributed by atoms with van der Waals surface area (Å²) in [7, 11) is 1.62. The van der Waals surface area contributed by atoms with Crippen LogP contribution in [0.2, 0.25) is 10.0 Å². The Morgan fingerprint density at radius 2 is 1.62 bits per heavy atom. The first-order valence-corrected chi connectivity index (χ1v) is 14.9. The van der Waals surface area contributed by atoms with E-state index in [0.717, 1.165) is 64.6 Å². The number of halogens is 2. The summed E-state index contributed by atoms with van der Waals surface area (Å²) in [5.74, 6) is 0.706. The van der Waals surface area contributed by atoms with Gasteiger partial charge in [0.2, 0.25) is 11.8 Å². The van der Waals surface area contributed by atoms with Gasteiger partial charge >= 0.3 is 0 Å². The van der Waals surface area contributed by atoms with E-state index in [-0.39, 0.29) is 24.3 Å². The van der Waals surface area contributed by atoms with Gasteiger partial charge in [0.1, 0.15) is 0 Å². The van der Waals surface area contributed by atoms with Crippen LogP contribution in [0.4, 0.5) is 0 Å². The van der Waals surface area contributed by atoms with Crippen molar-refractivity contribution in [3.05, 3.63) is 94.0 Å². The Labute approximate surface area is 256 Å². The van der Waals surface area contributed by atoms with Gasteiger partial charge in [0.25, 0.3) is 0 Å². The summed E-state index contributed by atoms with van der Waals surface area (Å²) in [5.41, 5.74) is 12.3. The van der Waals surface area contributed by atoms with Gasteiger partial charge < -0.3 is 15.8 Å². The number of methoxy groups -OCH3 is 1. The zero-order valence-electron chi connectivity index (χ0n) is 23.5. The van der Waals surface area contributed by atoms with Crippen LogP contribution in [0.3, 0.4) is 0 Å². The molecular formula is C34H33Cl2N3O3. The third-order valence-electron chi connectivity index (χ3n) is 7.67. The molecule has 4 aromatic rings. The number of pyridine rings is 1. The molecule has 3 aromatic carbocycles. The molecule has 0 saturated carbocycles. The molecule has 1 fully saturated rings. The number of nitrogens with zero attached hydrogens (tertiary/aromatic N) is 1. The van der Waals surface area contributed by atoms with Crippen LogP contribution in [0.15, 0.2) is 72.8 Å². The minimum Gasteiger partial charge on any atom is -0.481 e. The summed E-state index contributed by atoms with van der Waals surface area (Å²) >= 11 is 14.0. The standard InChI is InChI=1S/C34H33Cl2N3O3/c1-42-34-23(5-2-6-24-16-18-31(41)38-24)15-17-30(39-34)29-10-4-9-28(33(29)36)27-8-3-7-26(32(27)35)22-13-11-21(12-14-22)19-25(40)20-37/h3-4,7-15,17,24H,2,5-6,16,18-20,37H2,1H3,(H,38,41)/t24-/m1/s1. The van der Waals surface area contributed by atoms with Crippen LogP contribution in [-0.2, 0) is 22.4 Å². The molecule has 216 valence electrons. The van der Waals surface area contributed by atoms with Gasteiger partial charge in [0.15, 0.2) is 5.78 Å². The number of benzene rings is 3. The number of amides is 1. The number of nitrogens with two attached hydrogens (primary N) is 1. The van der Waals surface area contributed by atoms with Crippen LogP contribution in [-0.4, -0.2) is 36.4 Å². The molecule has 6 nitrogen and oxygen atoms in total. The first-order valence-electron chi connectivity index (χ1n) is 14.1. The number of aromatic nitrogens is 1. The number of ketones is 1. The van der Waals surface area contributed by atoms with Crippen LogP contribution < -0.4 is 15.8 Å². The average molecular weight is 603 g/mol. The predicted molar refractivity (Wildman–Crippen MR) is 169 cm³/mol. The van der Waals surface area contributed by atoms with Crippen molar-refractivity contribution in [2.75, 3.05) is 13.7 Å². The topological polar surface area (TPSA) is 94.3 Å². The quantitative estimate of drug-likeness (QED) is 0.192. The van der Waals surface area contributed by atoms with E-state index >= 15 is 0 Å². The highest BCUT2D eigenvalue weighted by Crippen LogP contribution is 2.42. The Balaban J connectivity index is 1.39. The molecule has 2 heterocycles. The molecule has 3 N–H and O–H groups in total. The van der Waals surface area contributed by atoms with Crippen LogP contribution in [0.5, 0.6) is 5.88 Å². The molecule has 1 aliphatic rings. The number of rotatable bonds is 11. The Morgan fingerprint density at radius 1 is 0.952 bits per heavy atom. The van der Waals surface area contributed by atoms with Crippen LogP contribution in [0.25, 0.3) is 33.5 Å². The van der Waals surface area contributed by atoms with Gasteiger partial charge in [0.05, 0.1) is 29.4 Å². The number of hydrogen-bond donors (Lipinski definition) is 2. The Hall–Kier alpha value is -3.71. The van der Waals surface area contributed by atoms with E-state index in [1.807, 2.05) is 72.8 Å². The van der Waals surface area contributed by atoms with Crippen molar-refractivity contribution in [2.45, 2.75) is 44.6 Å². The molecule has 0 radical (unpaired) electrons. The molecular weight excluding hydrogens is 569 g/mol. The SMILES string of the molecule is COc1nc(-c2cccc(-c3cccc(-c4ccc(CC(=O)CN)cc4)c3Cl)c2Cl)ccc1CCC[C@@H]1CCC(=O)N1. The predicted octanol–water partition coefficient (Wildman–Crippen LogP) is 7.07. The molecule has 8 heteroatoms. The van der Waals surface area contributed by atoms with E-state index in [2.05, 4.69) is 5.32 Å². The van der Waals surface area contributed by atoms with Gasteiger partial charge in [-0.2, -0.15) is 0 Å². The van der Waals surface area contributed by atoms with Crippen molar-refractivity contribution < 1.29 is 14.3 Å². The number of Topliss-reactive ketones (excluding diaryl/α,β-unsaturated/α-hetero) is 1. The third-order valence-corrected chi connectivity index (χ3v) is 8.49. The number of ether oxygens (including phenoxy) is 1. The largest absolute Gasteiger partial charge is 0.481 e. The zero-order chi connectivity index (χ0) is 29.6. The molecule has 1 amide bonds. The van der Waals surface area contributed by atoms with E-state index in [1.165, 1.54) is 0 Å². The van der Waals surface area contributed by atoms with Crippen molar-refractivity contribution in [2.24, 2.45) is 5.73 Å². The highest BCUT2D eigenvalue weighted by atomic mass is 35.5. The highest BCUT2D eigenvalue weighted by Gasteiger charge is 2.21. The lowest BCUT2D eigenvalue weighted by atomic mass is 9.96. The van der Waals surface area contributed by atoms with E-state index in [0.29, 0.717) is 34.5 Å². The number of aryl methyl sites for hydroxylation is 1. The zero-order valence-corrected chi connectivity index (χ0v) is 25.0. The molecule has 5 rings (SSSR count). The van der Waals surface area contributed by atoms with Gasteiger partial charge in [-0.1, -0.05) is 89.9 Å². The molecule has 1 atom stereocenters. The highest BCUT2D eigenvalue weighted by molar-refractivity contribution is 6.39. The van der Waals surface area contributed by atoms with Crippen molar-refractivity contribution in [1.82, 2.24) is 10.3 Å². The lowest BCUT2D eigenvalue weighted by Gasteiger charge is -2.15. The maximum Gasteiger partial charge on any atom is 0.220 e. The summed E-state index contributed by atoms with van der Waals surface area (Å²) in [6, 6.07) is 23.8. The molecule has 1 aliphatic heterocycles. The van der Waals surface area contributed by atoms with Gasteiger partial charge in [-0.05, 0) is 42.9 Å². The number of hydrogen-bond acceptors (Lipinski definition) is 5. The Bertz CT molecular complexity index is 1600. The number of carbonyl (C=O) groups excluding carboxylic acids is 2. The minimum atomic E-state index is -0.00494. The number of carbonyl (C=O) groups is 2. The molecule has 0 bridgehead atoms. The molecule has 1 saturated heterocycles. The molecule has 42 heavy (non-hydrogen) atoms. The second kappa shape index (κ2) is 13.5. The fourth-order valence-corrected chi connectivity index (χ4v) is 6.08. The normalized spacial score (nSPS) is 14.6. The maximum atomic E-state index is 11.7. The minimum absolute atomic E-state index is 0.00494. The van der Waals surface area contributed by atoms with Crippen molar-refractivity contribution in [1.29, 1.82) is 0 Å². The summed E-state index contributed by atoms with van der Waals surface area (Å²) in [4.78, 5) is 28.0. The van der Waals surface area contributed by atoms with E-state index in [9.17, 15) is 9.59 Å². The second-order valence-corrected chi connectivity index (χ2v) is 11.3. The monoisotopic (exact) mass is 601 g/mol. The molecule has 0 spiro atoms. The fourth-order valence-electron chi connectivity index (χ4n) is 5.42. The maximum absolute atomic E-state index is 11.7. The molecule has 0 unspecified atom stereocenters. The summed E-state index contributed by atoms with van der Waals surface area (Å²) in [5, 5.41) is 4.16. The van der Waals surface area contributed by atoms with Crippen molar-refractivity contribution in [3.63, 3.8) is 0 Å². The lowest BCUT2D eigenvalue weighted by molar-refractivity contribution is -0.119. The van der Waals surface area contributed by atoms with Crippen molar-refractivity contribution in [3.8, 4) is 39.4 Å². The van der Waals surface area contributed by atoms with Crippen LogP contribution in [0.1, 0.15) is 36.8 Å². The van der Waals surface area contributed by atoms with Gasteiger partial charge in [-0.15, -0.1) is 0 Å². The first kappa shape index (κ1) is 29.8. The molecule has 1 aromatic heterocycles. The van der Waals surface area contributed by atoms with E-state index in [1.54, 1.807) is 7.11 Å². The Kier molecular flexibility index (Phi) is 9.58. The van der Waals surface area contributed by atoms with Gasteiger partial charge in [-0.3, -0.25) is 9.59 Å². The van der Waals surface area contributed by atoms with E-state index < -0.39 is 0 Å². The third kappa shape index (κ3) is 6.67. The Morgan fingerprint density at radius 3 is 2.26 bits per heavy atom. The van der Waals surface area contributed by atoms with Gasteiger partial charge in [-0.25, -0.2) is 4.98 Å². The average Bonchev–Trinajstić information content (AvgIpc) is 3.43. The van der Waals surface area contributed by atoms with Crippen molar-refractivity contribution >= 4 is 34.9 Å². The first-order chi connectivity index (χ1) is 20.4. The molecule has 0 aliphatic carbocycles. The summed E-state index contributed by atoms with van der Waals surface area (Å²) in [6.45, 7) is 0.0320. The lowest BCUT2D eigenvalue weighted by Crippen LogP contribution is -2.25.